The third-order valence-corrected chi connectivity index (χ3v) is 3.96. The summed E-state index contributed by atoms with van der Waals surface area (Å²) < 4.78 is 7.40. The van der Waals surface area contributed by atoms with Crippen LogP contribution in [0.15, 0.2) is 30.3 Å². The molecule has 0 saturated heterocycles. The van der Waals surface area contributed by atoms with Gasteiger partial charge in [0.15, 0.2) is 0 Å². The van der Waals surface area contributed by atoms with Gasteiger partial charge < -0.3 is 9.84 Å². The van der Waals surface area contributed by atoms with Crippen molar-refractivity contribution in [2.24, 2.45) is 0 Å². The van der Waals surface area contributed by atoms with Crippen LogP contribution in [0.25, 0.3) is 16.9 Å². The summed E-state index contributed by atoms with van der Waals surface area (Å²) in [5, 5.41) is 19.0. The zero-order valence-electron chi connectivity index (χ0n) is 12.3. The van der Waals surface area contributed by atoms with Gasteiger partial charge in [-0.1, -0.05) is 36.6 Å². The summed E-state index contributed by atoms with van der Waals surface area (Å²) in [5.74, 6) is 0.565. The first-order valence-corrected chi connectivity index (χ1v) is 7.61. The molecular formula is C16H21N3O2. The molecule has 1 N–H and O–H groups in total. The minimum absolute atomic E-state index is 0.524. The fraction of sp³-hybridized carbons (Fsp3) is 0.500. The van der Waals surface area contributed by atoms with Crippen LogP contribution < -0.4 is 0 Å². The number of rotatable bonds is 4. The zero-order chi connectivity index (χ0) is 14.7. The molecule has 21 heavy (non-hydrogen) atoms. The van der Waals surface area contributed by atoms with E-state index in [1.807, 2.05) is 37.3 Å². The Labute approximate surface area is 124 Å². The number of benzene rings is 1. The van der Waals surface area contributed by atoms with E-state index in [0.29, 0.717) is 12.5 Å². The Bertz CT molecular complexity index is 642. The Kier molecular flexibility index (Phi) is 3.92. The number of hydrogen-bond donors (Lipinski definition) is 1. The van der Waals surface area contributed by atoms with Crippen LogP contribution in [0.1, 0.15) is 39.0 Å². The summed E-state index contributed by atoms with van der Waals surface area (Å²) >= 11 is 0. The summed E-state index contributed by atoms with van der Waals surface area (Å²) in [6.07, 6.45) is 6.64. The molecule has 0 spiro atoms. The van der Waals surface area contributed by atoms with Gasteiger partial charge in [0.2, 0.25) is 5.88 Å². The number of hydrogen-bond acceptors (Lipinski definition) is 4. The largest absolute Gasteiger partial charge is 0.478 e. The number of para-hydroxylation sites is 1. The van der Waals surface area contributed by atoms with Crippen molar-refractivity contribution < 1.29 is 9.84 Å². The minimum atomic E-state index is -0.796. The Morgan fingerprint density at radius 3 is 2.86 bits per heavy atom. The van der Waals surface area contributed by atoms with Gasteiger partial charge in [-0.15, -0.1) is 5.10 Å². The highest BCUT2D eigenvalue weighted by Gasteiger charge is 2.28. The molecule has 1 saturated carbocycles. The lowest BCUT2D eigenvalue weighted by Gasteiger charge is -2.29. The Morgan fingerprint density at radius 1 is 1.33 bits per heavy atom. The van der Waals surface area contributed by atoms with Gasteiger partial charge in [-0.05, 0) is 31.9 Å². The van der Waals surface area contributed by atoms with Gasteiger partial charge in [0.05, 0.1) is 17.7 Å². The van der Waals surface area contributed by atoms with Crippen molar-refractivity contribution in [3.8, 4) is 0 Å². The molecule has 0 unspecified atom stereocenters. The second kappa shape index (κ2) is 5.85. The predicted octanol–water partition coefficient (Wildman–Crippen LogP) is 2.96. The SMILES string of the molecule is CCOC(=CC1(O)CCCCC1)n1nnc2ccccc21. The number of nitrogens with zero attached hydrogens (tertiary/aromatic N) is 3. The molecule has 0 amide bonds. The van der Waals surface area contributed by atoms with Crippen molar-refractivity contribution in [2.75, 3.05) is 6.61 Å². The highest BCUT2D eigenvalue weighted by atomic mass is 16.5. The molecule has 1 aromatic heterocycles. The average molecular weight is 287 g/mol. The van der Waals surface area contributed by atoms with Crippen molar-refractivity contribution in [3.05, 3.63) is 30.3 Å². The van der Waals surface area contributed by atoms with Crippen LogP contribution >= 0.6 is 0 Å². The molecule has 3 rings (SSSR count). The van der Waals surface area contributed by atoms with E-state index >= 15 is 0 Å². The van der Waals surface area contributed by atoms with Crippen LogP contribution in [0, 0.1) is 0 Å². The molecular weight excluding hydrogens is 266 g/mol. The van der Waals surface area contributed by atoms with Gasteiger partial charge in [0.1, 0.15) is 5.52 Å². The fourth-order valence-electron chi connectivity index (χ4n) is 2.88. The van der Waals surface area contributed by atoms with Gasteiger partial charge in [-0.3, -0.25) is 0 Å². The highest BCUT2D eigenvalue weighted by Crippen LogP contribution is 2.31. The maximum Gasteiger partial charge on any atom is 0.215 e. The van der Waals surface area contributed by atoms with Gasteiger partial charge in [-0.2, -0.15) is 4.68 Å². The van der Waals surface area contributed by atoms with E-state index in [-0.39, 0.29) is 0 Å². The van der Waals surface area contributed by atoms with E-state index in [1.165, 1.54) is 6.42 Å². The van der Waals surface area contributed by atoms with Crippen molar-refractivity contribution in [1.29, 1.82) is 0 Å². The number of fused-ring (bicyclic) bond motifs is 1. The Balaban J connectivity index is 2.01. The average Bonchev–Trinajstić information content (AvgIpc) is 2.91. The summed E-state index contributed by atoms with van der Waals surface area (Å²) in [6, 6.07) is 7.74. The molecule has 0 radical (unpaired) electrons. The van der Waals surface area contributed by atoms with E-state index in [1.54, 1.807) is 4.68 Å². The second-order valence-electron chi connectivity index (χ2n) is 5.57. The quantitative estimate of drug-likeness (QED) is 0.878. The topological polar surface area (TPSA) is 60.2 Å². The molecule has 0 atom stereocenters. The number of aliphatic hydroxyl groups is 1. The molecule has 1 aliphatic rings. The molecule has 0 bridgehead atoms. The highest BCUT2D eigenvalue weighted by molar-refractivity contribution is 5.76. The minimum Gasteiger partial charge on any atom is -0.478 e. The first kappa shape index (κ1) is 14.1. The standard InChI is InChI=1S/C16H21N3O2/c1-2-21-15(12-16(20)10-6-3-7-11-16)19-14-9-5-4-8-13(14)17-18-19/h4-5,8-9,12,20H,2-3,6-7,10-11H2,1H3. The van der Waals surface area contributed by atoms with E-state index < -0.39 is 5.60 Å². The van der Waals surface area contributed by atoms with E-state index in [9.17, 15) is 5.11 Å². The summed E-state index contributed by atoms with van der Waals surface area (Å²) in [4.78, 5) is 0. The Morgan fingerprint density at radius 2 is 2.10 bits per heavy atom. The van der Waals surface area contributed by atoms with Crippen LogP contribution in [0.3, 0.4) is 0 Å². The monoisotopic (exact) mass is 287 g/mol. The van der Waals surface area contributed by atoms with E-state index in [2.05, 4.69) is 10.3 Å². The van der Waals surface area contributed by atoms with Gasteiger partial charge in [0.25, 0.3) is 0 Å². The van der Waals surface area contributed by atoms with Crippen molar-refractivity contribution >= 4 is 16.9 Å². The maximum absolute atomic E-state index is 10.7. The molecule has 1 heterocycles. The molecule has 5 heteroatoms. The lowest BCUT2D eigenvalue weighted by Crippen LogP contribution is -2.29. The maximum atomic E-state index is 10.7. The van der Waals surface area contributed by atoms with Crippen molar-refractivity contribution in [2.45, 2.75) is 44.6 Å². The van der Waals surface area contributed by atoms with E-state index in [4.69, 9.17) is 4.74 Å². The lowest BCUT2D eigenvalue weighted by atomic mass is 9.85. The smallest absolute Gasteiger partial charge is 0.215 e. The molecule has 5 nitrogen and oxygen atoms in total. The van der Waals surface area contributed by atoms with Crippen LogP contribution in [0.4, 0.5) is 0 Å². The molecule has 2 aromatic rings. The molecule has 112 valence electrons. The first-order chi connectivity index (χ1) is 10.2. The zero-order valence-corrected chi connectivity index (χ0v) is 12.3. The van der Waals surface area contributed by atoms with Crippen LogP contribution in [0.5, 0.6) is 0 Å². The normalized spacial score (nSPS) is 18.9. The second-order valence-corrected chi connectivity index (χ2v) is 5.57. The Hall–Kier alpha value is -1.88. The molecule has 1 aromatic carbocycles. The molecule has 1 aliphatic carbocycles. The van der Waals surface area contributed by atoms with Crippen molar-refractivity contribution in [3.63, 3.8) is 0 Å². The predicted molar refractivity (Wildman–Crippen MR) is 81.5 cm³/mol. The van der Waals surface area contributed by atoms with E-state index in [0.717, 1.165) is 36.7 Å². The van der Waals surface area contributed by atoms with Crippen LogP contribution in [0.2, 0.25) is 0 Å². The van der Waals surface area contributed by atoms with Crippen LogP contribution in [-0.4, -0.2) is 32.3 Å². The lowest BCUT2D eigenvalue weighted by molar-refractivity contribution is 0.0490. The third-order valence-electron chi connectivity index (χ3n) is 3.96. The summed E-state index contributed by atoms with van der Waals surface area (Å²) in [5.41, 5.74) is 0.908. The van der Waals surface area contributed by atoms with Gasteiger partial charge in [-0.25, -0.2) is 0 Å². The molecule has 1 fully saturated rings. The van der Waals surface area contributed by atoms with Crippen molar-refractivity contribution in [1.82, 2.24) is 15.0 Å². The summed E-state index contributed by atoms with van der Waals surface area (Å²) in [7, 11) is 0. The van der Waals surface area contributed by atoms with Crippen LogP contribution in [-0.2, 0) is 4.74 Å². The molecule has 0 aliphatic heterocycles. The number of ether oxygens (including phenoxy) is 1. The van der Waals surface area contributed by atoms with Gasteiger partial charge in [0, 0.05) is 6.08 Å². The van der Waals surface area contributed by atoms with Gasteiger partial charge >= 0.3 is 0 Å². The summed E-state index contributed by atoms with van der Waals surface area (Å²) in [6.45, 7) is 2.45. The third kappa shape index (κ3) is 2.93. The first-order valence-electron chi connectivity index (χ1n) is 7.61. The number of aromatic nitrogens is 3. The fourth-order valence-corrected chi connectivity index (χ4v) is 2.88.